The molecule has 0 bridgehead atoms. The van der Waals surface area contributed by atoms with Crippen LogP contribution >= 0.6 is 0 Å². The third-order valence-corrected chi connectivity index (χ3v) is 4.24. The molecule has 1 aliphatic rings. The summed E-state index contributed by atoms with van der Waals surface area (Å²) in [4.78, 5) is 17.2. The first-order valence-electron chi connectivity index (χ1n) is 8.61. The molecule has 1 unspecified atom stereocenters. The van der Waals surface area contributed by atoms with Gasteiger partial charge in [-0.1, -0.05) is 12.1 Å². The van der Waals surface area contributed by atoms with E-state index in [-0.39, 0.29) is 24.5 Å². The van der Waals surface area contributed by atoms with Crippen molar-refractivity contribution in [2.45, 2.75) is 52.0 Å². The fraction of sp³-hybridized carbons (Fsp3) is 0.579. The van der Waals surface area contributed by atoms with Gasteiger partial charge in [-0.05, 0) is 51.3 Å². The summed E-state index contributed by atoms with van der Waals surface area (Å²) in [5.41, 5.74) is -0.305. The van der Waals surface area contributed by atoms with Crippen molar-refractivity contribution in [3.63, 3.8) is 0 Å². The number of aliphatic hydroxyl groups is 1. The van der Waals surface area contributed by atoms with E-state index >= 15 is 0 Å². The van der Waals surface area contributed by atoms with Crippen molar-refractivity contribution in [2.75, 3.05) is 13.2 Å². The average molecular weight is 387 g/mol. The first-order valence-corrected chi connectivity index (χ1v) is 8.61. The Labute approximate surface area is 156 Å². The van der Waals surface area contributed by atoms with E-state index in [1.165, 1.54) is 23.3 Å². The molecule has 5 nitrogen and oxygen atoms in total. The lowest BCUT2D eigenvalue weighted by molar-refractivity contribution is -0.274. The van der Waals surface area contributed by atoms with Crippen LogP contribution in [0.25, 0.3) is 0 Å². The quantitative estimate of drug-likeness (QED) is 0.782. The second-order valence-electron chi connectivity index (χ2n) is 7.81. The summed E-state index contributed by atoms with van der Waals surface area (Å²) in [6.45, 7) is 5.73. The summed E-state index contributed by atoms with van der Waals surface area (Å²) in [5.74, 6) is 1.56. The molecule has 0 saturated carbocycles. The van der Waals surface area contributed by atoms with E-state index in [2.05, 4.69) is 4.74 Å². The van der Waals surface area contributed by atoms with Gasteiger partial charge in [0.15, 0.2) is 0 Å². The van der Waals surface area contributed by atoms with Crippen LogP contribution in [0.15, 0.2) is 30.0 Å². The fourth-order valence-electron chi connectivity index (χ4n) is 3.15. The third-order valence-electron chi connectivity index (χ3n) is 4.24. The third kappa shape index (κ3) is 6.27. The van der Waals surface area contributed by atoms with E-state index in [0.29, 0.717) is 24.9 Å². The molecule has 1 heterocycles. The van der Waals surface area contributed by atoms with Crippen LogP contribution in [0, 0.1) is 5.41 Å². The van der Waals surface area contributed by atoms with Gasteiger partial charge in [-0.15, -0.1) is 13.2 Å². The highest BCUT2D eigenvalue weighted by molar-refractivity contribution is 5.52. The van der Waals surface area contributed by atoms with Crippen LogP contribution in [0.4, 0.5) is 13.2 Å². The first-order chi connectivity index (χ1) is 12.5. The Morgan fingerprint density at radius 3 is 2.56 bits per heavy atom. The second kappa shape index (κ2) is 7.92. The van der Waals surface area contributed by atoms with Gasteiger partial charge in [-0.3, -0.25) is 4.84 Å². The van der Waals surface area contributed by atoms with Crippen molar-refractivity contribution >= 4 is 5.94 Å². The summed E-state index contributed by atoms with van der Waals surface area (Å²) < 4.78 is 41.2. The fourth-order valence-corrected chi connectivity index (χ4v) is 3.15. The molecule has 0 amide bonds. The van der Waals surface area contributed by atoms with E-state index < -0.39 is 17.4 Å². The van der Waals surface area contributed by atoms with Gasteiger partial charge >= 0.3 is 6.36 Å². The largest absolute Gasteiger partial charge is 0.573 e. The van der Waals surface area contributed by atoms with Gasteiger partial charge in [0.25, 0.3) is 0 Å². The second-order valence-corrected chi connectivity index (χ2v) is 7.81. The Balaban J connectivity index is 2.17. The molecule has 1 fully saturated rings. The maximum atomic E-state index is 12.4. The number of alkyl halides is 3. The van der Waals surface area contributed by atoms with E-state index in [1.807, 2.05) is 26.7 Å². The monoisotopic (exact) mass is 387 g/mol. The molecule has 0 aromatic heterocycles. The summed E-state index contributed by atoms with van der Waals surface area (Å²) >= 11 is 0. The maximum Gasteiger partial charge on any atom is 0.573 e. The minimum absolute atomic E-state index is 0.216. The number of hydrogen-bond acceptors (Lipinski definition) is 5. The zero-order chi connectivity index (χ0) is 20.3. The van der Waals surface area contributed by atoms with Crippen LogP contribution in [0.3, 0.4) is 0 Å². The standard InChI is InChI=1S/C19H24F3NO4/c1-17(2,3)27-23-8-7-18(13-25,11-15(23)12-24)10-14-5-4-6-16(9-14)26-19(20,21)22/h4-6,9,25H,7-8,10-11,13H2,1-3H3. The molecule has 27 heavy (non-hydrogen) atoms. The molecule has 0 aliphatic carbocycles. The summed E-state index contributed by atoms with van der Waals surface area (Å²) in [6.07, 6.45) is -3.74. The van der Waals surface area contributed by atoms with Crippen molar-refractivity contribution in [3.8, 4) is 5.75 Å². The molecule has 1 N–H and O–H groups in total. The van der Waals surface area contributed by atoms with Crippen molar-refractivity contribution in [1.29, 1.82) is 0 Å². The molecule has 1 aliphatic heterocycles. The Bertz CT molecular complexity index is 708. The van der Waals surface area contributed by atoms with E-state index in [0.717, 1.165) is 0 Å². The highest BCUT2D eigenvalue weighted by Crippen LogP contribution is 2.40. The Kier molecular flexibility index (Phi) is 6.24. The minimum atomic E-state index is -4.77. The molecule has 1 aromatic rings. The van der Waals surface area contributed by atoms with E-state index in [4.69, 9.17) is 4.84 Å². The zero-order valence-electron chi connectivity index (χ0n) is 15.6. The lowest BCUT2D eigenvalue weighted by Crippen LogP contribution is -2.44. The predicted octanol–water partition coefficient (Wildman–Crippen LogP) is 3.65. The van der Waals surface area contributed by atoms with Crippen molar-refractivity contribution in [2.24, 2.45) is 5.41 Å². The number of nitrogens with zero attached hydrogens (tertiary/aromatic N) is 1. The Hall–Kier alpha value is -2.02. The van der Waals surface area contributed by atoms with Gasteiger partial charge in [0, 0.05) is 25.0 Å². The van der Waals surface area contributed by atoms with Crippen LogP contribution in [0.1, 0.15) is 39.2 Å². The smallest absolute Gasteiger partial charge is 0.406 e. The van der Waals surface area contributed by atoms with Crippen molar-refractivity contribution in [3.05, 3.63) is 35.5 Å². The normalized spacial score (nSPS) is 21.1. The molecular formula is C19H24F3NO4. The van der Waals surface area contributed by atoms with Gasteiger partial charge in [-0.25, -0.2) is 9.86 Å². The van der Waals surface area contributed by atoms with Gasteiger partial charge in [0.1, 0.15) is 17.4 Å². The summed E-state index contributed by atoms with van der Waals surface area (Å²) in [6, 6.07) is 5.66. The Morgan fingerprint density at radius 2 is 2.00 bits per heavy atom. The minimum Gasteiger partial charge on any atom is -0.406 e. The van der Waals surface area contributed by atoms with Crippen LogP contribution in [-0.2, 0) is 16.1 Å². The lowest BCUT2D eigenvalue weighted by Gasteiger charge is -2.43. The molecule has 8 heteroatoms. The molecule has 1 saturated heterocycles. The number of hydroxylamine groups is 2. The van der Waals surface area contributed by atoms with E-state index in [9.17, 15) is 23.1 Å². The topological polar surface area (TPSA) is 59.0 Å². The van der Waals surface area contributed by atoms with Crippen molar-refractivity contribution < 1.29 is 32.6 Å². The number of ether oxygens (including phenoxy) is 1. The molecule has 1 atom stereocenters. The molecule has 2 rings (SSSR count). The van der Waals surface area contributed by atoms with Gasteiger partial charge in [0.05, 0.1) is 5.60 Å². The zero-order valence-corrected chi connectivity index (χ0v) is 15.6. The highest BCUT2D eigenvalue weighted by Gasteiger charge is 2.39. The number of piperidine rings is 1. The summed E-state index contributed by atoms with van der Waals surface area (Å²) in [7, 11) is 0. The number of benzene rings is 1. The van der Waals surface area contributed by atoms with Crippen LogP contribution in [-0.4, -0.2) is 41.2 Å². The van der Waals surface area contributed by atoms with Gasteiger partial charge in [0.2, 0.25) is 0 Å². The molecule has 1 aromatic carbocycles. The Morgan fingerprint density at radius 1 is 1.30 bits per heavy atom. The number of hydrogen-bond donors (Lipinski definition) is 1. The van der Waals surface area contributed by atoms with Gasteiger partial charge < -0.3 is 9.84 Å². The number of allylic oxidation sites excluding steroid dienone is 1. The van der Waals surface area contributed by atoms with Gasteiger partial charge in [-0.2, -0.15) is 0 Å². The first kappa shape index (κ1) is 21.3. The number of aliphatic hydroxyl groups excluding tert-OH is 1. The SMILES string of the molecule is CC(C)(C)ON1CCC(CO)(Cc2cccc(OC(F)(F)F)c2)CC1=C=O. The number of halogens is 3. The maximum absolute atomic E-state index is 12.4. The molecule has 150 valence electrons. The van der Waals surface area contributed by atoms with Crippen LogP contribution in [0.5, 0.6) is 5.75 Å². The summed E-state index contributed by atoms with van der Waals surface area (Å²) in [5, 5.41) is 11.5. The predicted molar refractivity (Wildman–Crippen MR) is 92.3 cm³/mol. The molecular weight excluding hydrogens is 363 g/mol. The lowest BCUT2D eigenvalue weighted by atomic mass is 9.74. The van der Waals surface area contributed by atoms with E-state index in [1.54, 1.807) is 6.07 Å². The molecule has 0 spiro atoms. The van der Waals surface area contributed by atoms with Crippen LogP contribution in [0.2, 0.25) is 0 Å². The van der Waals surface area contributed by atoms with Crippen LogP contribution < -0.4 is 4.74 Å². The average Bonchev–Trinajstić information content (AvgIpc) is 2.54. The van der Waals surface area contributed by atoms with Crippen molar-refractivity contribution in [1.82, 2.24) is 5.06 Å². The number of rotatable bonds is 5. The number of carbonyl (C=O) groups excluding carboxylic acids is 1. The molecule has 0 radical (unpaired) electrons. The highest BCUT2D eigenvalue weighted by atomic mass is 19.4.